The first-order chi connectivity index (χ1) is 11.1. The molecule has 120 valence electrons. The minimum absolute atomic E-state index is 0.0912. The number of barbiturate groups is 1. The van der Waals surface area contributed by atoms with Gasteiger partial charge in [-0.05, 0) is 18.2 Å². The summed E-state index contributed by atoms with van der Waals surface area (Å²) in [5, 5.41) is 2.56. The van der Waals surface area contributed by atoms with E-state index < -0.39 is 17.8 Å². The van der Waals surface area contributed by atoms with E-state index in [9.17, 15) is 14.4 Å². The molecule has 1 aromatic rings. The molecule has 0 aliphatic carbocycles. The SMILES string of the molecule is O=C1NC(=O)N(c2cccc(Cl)c2)C(=O)/C1=C\N1CCOCC1. The van der Waals surface area contributed by atoms with Gasteiger partial charge in [0.1, 0.15) is 5.57 Å². The predicted octanol–water partition coefficient (Wildman–Crippen LogP) is 1.14. The fourth-order valence-corrected chi connectivity index (χ4v) is 2.57. The number of carbonyl (C=O) groups is 3. The maximum Gasteiger partial charge on any atom is 0.335 e. The number of hydrogen-bond donors (Lipinski definition) is 1. The monoisotopic (exact) mass is 335 g/mol. The molecule has 23 heavy (non-hydrogen) atoms. The van der Waals surface area contributed by atoms with Gasteiger partial charge in [0.25, 0.3) is 11.8 Å². The van der Waals surface area contributed by atoms with Crippen molar-refractivity contribution in [3.8, 4) is 0 Å². The van der Waals surface area contributed by atoms with Gasteiger partial charge in [-0.25, -0.2) is 9.69 Å². The number of rotatable bonds is 2. The zero-order valence-electron chi connectivity index (χ0n) is 12.1. The molecule has 2 heterocycles. The van der Waals surface area contributed by atoms with Gasteiger partial charge < -0.3 is 9.64 Å². The van der Waals surface area contributed by atoms with E-state index in [0.29, 0.717) is 37.0 Å². The van der Waals surface area contributed by atoms with Crippen molar-refractivity contribution >= 4 is 35.1 Å². The highest BCUT2D eigenvalue weighted by atomic mass is 35.5. The lowest BCUT2D eigenvalue weighted by Crippen LogP contribution is -2.55. The molecule has 0 bridgehead atoms. The van der Waals surface area contributed by atoms with Crippen LogP contribution in [0.4, 0.5) is 10.5 Å². The third kappa shape index (κ3) is 3.20. The number of anilines is 1. The second-order valence-corrected chi connectivity index (χ2v) is 5.51. The number of hydrogen-bond acceptors (Lipinski definition) is 5. The van der Waals surface area contributed by atoms with E-state index in [2.05, 4.69) is 5.32 Å². The molecule has 1 N–H and O–H groups in total. The smallest absolute Gasteiger partial charge is 0.335 e. The Bertz CT molecular complexity index is 698. The van der Waals surface area contributed by atoms with Gasteiger partial charge in [-0.2, -0.15) is 0 Å². The minimum atomic E-state index is -0.790. The van der Waals surface area contributed by atoms with E-state index in [0.717, 1.165) is 4.90 Å². The molecule has 0 aromatic heterocycles. The van der Waals surface area contributed by atoms with Gasteiger partial charge >= 0.3 is 6.03 Å². The van der Waals surface area contributed by atoms with Gasteiger partial charge in [0.2, 0.25) is 0 Å². The zero-order valence-corrected chi connectivity index (χ0v) is 12.9. The number of nitrogens with zero attached hydrogens (tertiary/aromatic N) is 2. The van der Waals surface area contributed by atoms with E-state index in [1.165, 1.54) is 12.3 Å². The summed E-state index contributed by atoms with van der Waals surface area (Å²) in [6.45, 7) is 2.21. The van der Waals surface area contributed by atoms with Gasteiger partial charge in [-0.3, -0.25) is 14.9 Å². The number of imide groups is 2. The summed E-state index contributed by atoms with van der Waals surface area (Å²) in [5.41, 5.74) is 0.215. The standard InChI is InChI=1S/C15H14ClN3O4/c16-10-2-1-3-11(8-10)19-14(21)12(13(20)17-15(19)22)9-18-4-6-23-7-5-18/h1-3,8-9H,4-7H2,(H,17,20,22)/b12-9-. The molecular formula is C15H14ClN3O4. The van der Waals surface area contributed by atoms with Crippen molar-refractivity contribution in [3.63, 3.8) is 0 Å². The van der Waals surface area contributed by atoms with Crippen LogP contribution in [0.2, 0.25) is 5.02 Å². The highest BCUT2D eigenvalue weighted by Gasteiger charge is 2.37. The first-order valence-electron chi connectivity index (χ1n) is 7.05. The number of morpholine rings is 1. The molecule has 3 rings (SSSR count). The summed E-state index contributed by atoms with van der Waals surface area (Å²) in [6.07, 6.45) is 1.48. The van der Waals surface area contributed by atoms with Crippen molar-refractivity contribution in [1.82, 2.24) is 10.2 Å². The number of benzene rings is 1. The highest BCUT2D eigenvalue weighted by molar-refractivity contribution is 6.38. The van der Waals surface area contributed by atoms with Gasteiger partial charge in [0.05, 0.1) is 18.9 Å². The normalized spacial score (nSPS) is 20.9. The number of nitrogens with one attached hydrogen (secondary N) is 1. The van der Waals surface area contributed by atoms with Crippen molar-refractivity contribution in [2.45, 2.75) is 0 Å². The summed E-state index contributed by atoms with van der Waals surface area (Å²) < 4.78 is 5.23. The maximum atomic E-state index is 12.6. The maximum absolute atomic E-state index is 12.6. The lowest BCUT2D eigenvalue weighted by molar-refractivity contribution is -0.122. The Kier molecular flexibility index (Phi) is 4.31. The molecule has 2 aliphatic rings. The molecule has 1 aromatic carbocycles. The number of ether oxygens (including phenoxy) is 1. The molecule has 2 fully saturated rings. The van der Waals surface area contributed by atoms with Gasteiger partial charge in [0.15, 0.2) is 0 Å². The Labute approximate surface area is 137 Å². The molecule has 0 radical (unpaired) electrons. The van der Waals surface area contributed by atoms with Crippen LogP contribution in [0.15, 0.2) is 36.0 Å². The van der Waals surface area contributed by atoms with Crippen LogP contribution in [0.5, 0.6) is 0 Å². The molecule has 8 heteroatoms. The molecule has 2 saturated heterocycles. The molecule has 4 amide bonds. The van der Waals surface area contributed by atoms with E-state index in [1.807, 2.05) is 4.90 Å². The van der Waals surface area contributed by atoms with Crippen molar-refractivity contribution in [1.29, 1.82) is 0 Å². The Morgan fingerprint density at radius 2 is 1.91 bits per heavy atom. The van der Waals surface area contributed by atoms with Crippen molar-refractivity contribution in [2.24, 2.45) is 0 Å². The molecule has 0 unspecified atom stereocenters. The van der Waals surface area contributed by atoms with E-state index in [1.54, 1.807) is 18.2 Å². The van der Waals surface area contributed by atoms with Crippen LogP contribution in [-0.4, -0.2) is 49.0 Å². The fourth-order valence-electron chi connectivity index (χ4n) is 2.38. The fraction of sp³-hybridized carbons (Fsp3) is 0.267. The second-order valence-electron chi connectivity index (χ2n) is 5.07. The minimum Gasteiger partial charge on any atom is -0.378 e. The molecule has 0 saturated carbocycles. The first-order valence-corrected chi connectivity index (χ1v) is 7.43. The van der Waals surface area contributed by atoms with Crippen LogP contribution in [0.3, 0.4) is 0 Å². The summed E-state index contributed by atoms with van der Waals surface area (Å²) >= 11 is 5.91. The second kappa shape index (κ2) is 6.39. The van der Waals surface area contributed by atoms with Crippen LogP contribution < -0.4 is 10.2 Å². The summed E-state index contributed by atoms with van der Waals surface area (Å²) in [5.74, 6) is -1.38. The first kappa shape index (κ1) is 15.5. The molecule has 2 aliphatic heterocycles. The summed E-state index contributed by atoms with van der Waals surface area (Å²) in [6, 6.07) is 5.53. The van der Waals surface area contributed by atoms with Gasteiger partial charge in [0, 0.05) is 24.3 Å². The van der Waals surface area contributed by atoms with E-state index in [-0.39, 0.29) is 5.57 Å². The predicted molar refractivity (Wildman–Crippen MR) is 83.0 cm³/mol. The number of urea groups is 1. The number of amides is 4. The lowest BCUT2D eigenvalue weighted by atomic mass is 10.1. The van der Waals surface area contributed by atoms with E-state index >= 15 is 0 Å². The Balaban J connectivity index is 1.92. The average molecular weight is 336 g/mol. The van der Waals surface area contributed by atoms with Crippen LogP contribution in [0, 0.1) is 0 Å². The largest absolute Gasteiger partial charge is 0.378 e. The third-order valence-electron chi connectivity index (χ3n) is 3.53. The van der Waals surface area contributed by atoms with Crippen molar-refractivity contribution in [3.05, 3.63) is 41.1 Å². The zero-order chi connectivity index (χ0) is 16.4. The number of carbonyl (C=O) groups excluding carboxylic acids is 3. The third-order valence-corrected chi connectivity index (χ3v) is 3.76. The lowest BCUT2D eigenvalue weighted by Gasteiger charge is -2.29. The van der Waals surface area contributed by atoms with Gasteiger partial charge in [-0.1, -0.05) is 17.7 Å². The van der Waals surface area contributed by atoms with Crippen LogP contribution in [0.1, 0.15) is 0 Å². The molecular weight excluding hydrogens is 322 g/mol. The van der Waals surface area contributed by atoms with Crippen molar-refractivity contribution < 1.29 is 19.1 Å². The summed E-state index contributed by atoms with van der Waals surface area (Å²) in [4.78, 5) is 39.4. The Morgan fingerprint density at radius 1 is 1.17 bits per heavy atom. The Hall–Kier alpha value is -2.38. The molecule has 0 atom stereocenters. The van der Waals surface area contributed by atoms with Crippen LogP contribution in [0.25, 0.3) is 0 Å². The molecule has 0 spiro atoms. The quantitative estimate of drug-likeness (QED) is 0.647. The Morgan fingerprint density at radius 3 is 2.61 bits per heavy atom. The van der Waals surface area contributed by atoms with Gasteiger partial charge in [-0.15, -0.1) is 0 Å². The van der Waals surface area contributed by atoms with Crippen LogP contribution >= 0.6 is 11.6 Å². The topological polar surface area (TPSA) is 79.0 Å². The highest BCUT2D eigenvalue weighted by Crippen LogP contribution is 2.23. The average Bonchev–Trinajstić information content (AvgIpc) is 2.52. The van der Waals surface area contributed by atoms with Crippen molar-refractivity contribution in [2.75, 3.05) is 31.2 Å². The van der Waals surface area contributed by atoms with E-state index in [4.69, 9.17) is 16.3 Å². The summed E-state index contributed by atoms with van der Waals surface area (Å²) in [7, 11) is 0. The van der Waals surface area contributed by atoms with Crippen LogP contribution in [-0.2, 0) is 14.3 Å². The molecule has 7 nitrogen and oxygen atoms in total. The number of halogens is 1.